The Bertz CT molecular complexity index is 1100. The Kier molecular flexibility index (Phi) is 5.85. The molecule has 1 saturated heterocycles. The maximum Gasteiger partial charge on any atom is 0.248 e. The van der Waals surface area contributed by atoms with Crippen LogP contribution in [0.4, 0.5) is 5.69 Å². The summed E-state index contributed by atoms with van der Waals surface area (Å²) in [6.45, 7) is 7.37. The quantitative estimate of drug-likeness (QED) is 0.574. The van der Waals surface area contributed by atoms with Crippen LogP contribution in [-0.4, -0.2) is 66.3 Å². The molecule has 1 aromatic heterocycles. The number of ether oxygens (including phenoxy) is 2. The summed E-state index contributed by atoms with van der Waals surface area (Å²) in [6, 6.07) is 11.7. The second-order valence-corrected chi connectivity index (χ2v) is 8.37. The van der Waals surface area contributed by atoms with Gasteiger partial charge in [-0.1, -0.05) is 0 Å². The molecule has 2 N–H and O–H groups in total. The summed E-state index contributed by atoms with van der Waals surface area (Å²) in [4.78, 5) is 20.8. The van der Waals surface area contributed by atoms with Crippen molar-refractivity contribution < 1.29 is 14.3 Å². The predicted octanol–water partition coefficient (Wildman–Crippen LogP) is 2.51. The Balaban J connectivity index is 1.09. The van der Waals surface area contributed by atoms with Gasteiger partial charge in [0.1, 0.15) is 13.2 Å². The first-order valence-corrected chi connectivity index (χ1v) is 11.3. The van der Waals surface area contributed by atoms with E-state index in [9.17, 15) is 4.79 Å². The van der Waals surface area contributed by atoms with Crippen LogP contribution in [0.3, 0.4) is 0 Å². The van der Waals surface area contributed by atoms with Crippen LogP contribution in [0.5, 0.6) is 11.5 Å². The molecule has 0 aliphatic carbocycles. The van der Waals surface area contributed by atoms with E-state index in [2.05, 4.69) is 31.5 Å². The number of rotatable bonds is 7. The highest BCUT2D eigenvalue weighted by atomic mass is 16.6. The molecule has 2 aliphatic rings. The molecule has 3 aromatic rings. The van der Waals surface area contributed by atoms with Gasteiger partial charge in [0.2, 0.25) is 5.91 Å². The van der Waals surface area contributed by atoms with Gasteiger partial charge in [0.25, 0.3) is 0 Å². The molecule has 0 spiro atoms. The maximum absolute atomic E-state index is 11.5. The van der Waals surface area contributed by atoms with Gasteiger partial charge in [-0.05, 0) is 49.7 Å². The minimum atomic E-state index is -0.407. The van der Waals surface area contributed by atoms with Gasteiger partial charge >= 0.3 is 0 Å². The first-order valence-electron chi connectivity index (χ1n) is 11.3. The number of aryl methyl sites for hydroxylation is 1. The average molecular weight is 436 g/mol. The number of amides is 1. The highest BCUT2D eigenvalue weighted by Gasteiger charge is 2.19. The summed E-state index contributed by atoms with van der Waals surface area (Å²) in [5.74, 6) is 1.29. The lowest BCUT2D eigenvalue weighted by Crippen LogP contribution is -2.46. The predicted molar refractivity (Wildman–Crippen MR) is 124 cm³/mol. The Morgan fingerprint density at radius 3 is 2.53 bits per heavy atom. The first-order chi connectivity index (χ1) is 15.7. The fourth-order valence-corrected chi connectivity index (χ4v) is 4.46. The molecule has 0 unspecified atom stereocenters. The molecule has 1 fully saturated rings. The number of benzene rings is 2. The average Bonchev–Trinajstić information content (AvgIpc) is 3.24. The molecule has 2 aromatic carbocycles. The van der Waals surface area contributed by atoms with Gasteiger partial charge < -0.3 is 24.7 Å². The summed E-state index contributed by atoms with van der Waals surface area (Å²) in [5, 5.41) is 0. The normalized spacial score (nSPS) is 16.4. The zero-order valence-corrected chi connectivity index (χ0v) is 18.2. The number of nitrogens with two attached hydrogens (primary N) is 1. The van der Waals surface area contributed by atoms with E-state index < -0.39 is 5.91 Å². The molecule has 1 amide bonds. The molecule has 32 heavy (non-hydrogen) atoms. The molecule has 168 valence electrons. The largest absolute Gasteiger partial charge is 0.486 e. The van der Waals surface area contributed by atoms with Gasteiger partial charge in [-0.25, -0.2) is 4.98 Å². The third-order valence-electron chi connectivity index (χ3n) is 6.29. The molecule has 8 heteroatoms. The van der Waals surface area contributed by atoms with Gasteiger partial charge in [0.15, 0.2) is 11.5 Å². The van der Waals surface area contributed by atoms with Crippen molar-refractivity contribution in [2.75, 3.05) is 50.8 Å². The van der Waals surface area contributed by atoms with Crippen LogP contribution in [0.2, 0.25) is 0 Å². The van der Waals surface area contributed by atoms with Crippen molar-refractivity contribution in [3.8, 4) is 11.5 Å². The fourth-order valence-electron chi connectivity index (χ4n) is 4.46. The highest BCUT2D eigenvalue weighted by Crippen LogP contribution is 2.34. The van der Waals surface area contributed by atoms with Crippen LogP contribution in [0, 0.1) is 0 Å². The minimum Gasteiger partial charge on any atom is -0.486 e. The summed E-state index contributed by atoms with van der Waals surface area (Å²) >= 11 is 0. The number of primary amides is 1. The lowest BCUT2D eigenvalue weighted by Gasteiger charge is -2.36. The van der Waals surface area contributed by atoms with E-state index in [4.69, 9.17) is 15.2 Å². The van der Waals surface area contributed by atoms with Gasteiger partial charge in [-0.2, -0.15) is 0 Å². The second kappa shape index (κ2) is 9.08. The van der Waals surface area contributed by atoms with Crippen molar-refractivity contribution in [3.63, 3.8) is 0 Å². The van der Waals surface area contributed by atoms with Crippen molar-refractivity contribution in [2.45, 2.75) is 19.4 Å². The van der Waals surface area contributed by atoms with Crippen LogP contribution in [0.1, 0.15) is 23.2 Å². The minimum absolute atomic E-state index is 0.407. The van der Waals surface area contributed by atoms with E-state index in [1.807, 2.05) is 24.5 Å². The Morgan fingerprint density at radius 2 is 1.72 bits per heavy atom. The van der Waals surface area contributed by atoms with Gasteiger partial charge in [0, 0.05) is 50.0 Å². The molecule has 0 radical (unpaired) electrons. The lowest BCUT2D eigenvalue weighted by molar-refractivity contribution is 0.100. The fraction of sp³-hybridized carbons (Fsp3) is 0.417. The van der Waals surface area contributed by atoms with E-state index in [1.165, 1.54) is 5.69 Å². The number of fused-ring (bicyclic) bond motifs is 2. The van der Waals surface area contributed by atoms with Crippen LogP contribution in [0.25, 0.3) is 11.0 Å². The number of piperazine rings is 1. The Labute approximate surface area is 187 Å². The molecule has 0 atom stereocenters. The molecule has 3 heterocycles. The van der Waals surface area contributed by atoms with Crippen LogP contribution in [0.15, 0.2) is 42.7 Å². The number of nitrogens with zero attached hydrogens (tertiary/aromatic N) is 4. The van der Waals surface area contributed by atoms with Gasteiger partial charge in [-0.3, -0.25) is 9.69 Å². The van der Waals surface area contributed by atoms with Crippen molar-refractivity contribution in [1.29, 1.82) is 0 Å². The number of anilines is 1. The van der Waals surface area contributed by atoms with E-state index in [0.717, 1.165) is 74.6 Å². The first kappa shape index (κ1) is 20.6. The number of carbonyl (C=O) groups excluding carboxylic acids is 1. The number of carbonyl (C=O) groups is 1. The third kappa shape index (κ3) is 4.36. The number of hydrogen-bond donors (Lipinski definition) is 1. The zero-order valence-electron chi connectivity index (χ0n) is 18.2. The lowest BCUT2D eigenvalue weighted by atomic mass is 10.2. The van der Waals surface area contributed by atoms with Crippen molar-refractivity contribution in [3.05, 3.63) is 48.3 Å². The molecule has 5 rings (SSSR count). The Hall–Kier alpha value is -3.26. The topological polar surface area (TPSA) is 85.9 Å². The molecular formula is C24H29N5O3. The monoisotopic (exact) mass is 435 g/mol. The Morgan fingerprint density at radius 1 is 0.938 bits per heavy atom. The summed E-state index contributed by atoms with van der Waals surface area (Å²) in [5.41, 5.74) is 9.00. The van der Waals surface area contributed by atoms with E-state index in [-0.39, 0.29) is 0 Å². The van der Waals surface area contributed by atoms with Gasteiger partial charge in [-0.15, -0.1) is 0 Å². The summed E-state index contributed by atoms with van der Waals surface area (Å²) in [7, 11) is 0. The van der Waals surface area contributed by atoms with Crippen LogP contribution >= 0.6 is 0 Å². The van der Waals surface area contributed by atoms with Crippen molar-refractivity contribution in [1.82, 2.24) is 14.5 Å². The van der Waals surface area contributed by atoms with E-state index in [0.29, 0.717) is 18.8 Å². The van der Waals surface area contributed by atoms with Crippen LogP contribution < -0.4 is 20.1 Å². The SMILES string of the molecule is NC(=O)c1ccc2ncn(CCCCN3CCN(c4ccc5c(c4)OCCO5)CC3)c2c1. The molecule has 0 bridgehead atoms. The van der Waals surface area contributed by atoms with Crippen molar-refractivity contribution >= 4 is 22.6 Å². The van der Waals surface area contributed by atoms with Crippen LogP contribution in [-0.2, 0) is 6.54 Å². The molecule has 2 aliphatic heterocycles. The van der Waals surface area contributed by atoms with E-state index >= 15 is 0 Å². The summed E-state index contributed by atoms with van der Waals surface area (Å²) in [6.07, 6.45) is 4.04. The smallest absolute Gasteiger partial charge is 0.248 e. The molecule has 8 nitrogen and oxygen atoms in total. The third-order valence-corrected chi connectivity index (χ3v) is 6.29. The van der Waals surface area contributed by atoms with Gasteiger partial charge in [0.05, 0.1) is 17.4 Å². The number of aromatic nitrogens is 2. The van der Waals surface area contributed by atoms with Crippen molar-refractivity contribution in [2.24, 2.45) is 5.73 Å². The molecular weight excluding hydrogens is 406 g/mol. The highest BCUT2D eigenvalue weighted by molar-refractivity contribution is 5.96. The second-order valence-electron chi connectivity index (χ2n) is 8.37. The van der Waals surface area contributed by atoms with E-state index in [1.54, 1.807) is 6.07 Å². The molecule has 0 saturated carbocycles. The zero-order chi connectivity index (χ0) is 21.9. The number of imidazole rings is 1. The number of hydrogen-bond acceptors (Lipinski definition) is 6. The standard InChI is InChI=1S/C24H29N5O3/c25-24(30)18-3-5-20-21(15-18)29(17-26-20)8-2-1-7-27-9-11-28(12-10-27)19-4-6-22-23(16-19)32-14-13-31-22/h3-6,15-17H,1-2,7-14H2,(H2,25,30). The summed E-state index contributed by atoms with van der Waals surface area (Å²) < 4.78 is 13.5. The maximum atomic E-state index is 11.5. The number of unbranched alkanes of at least 4 members (excludes halogenated alkanes) is 1.